The second-order valence-electron chi connectivity index (χ2n) is 16.3. The van der Waals surface area contributed by atoms with Gasteiger partial charge in [-0.25, -0.2) is 0 Å². The van der Waals surface area contributed by atoms with E-state index in [0.29, 0.717) is 19.3 Å². The summed E-state index contributed by atoms with van der Waals surface area (Å²) in [4.78, 5) is 37.7. The van der Waals surface area contributed by atoms with Crippen molar-refractivity contribution in [3.8, 4) is 0 Å². The van der Waals surface area contributed by atoms with Gasteiger partial charge in [-0.1, -0.05) is 203 Å². The number of unbranched alkanes of at least 4 members (excludes halogenated alkanes) is 21. The lowest BCUT2D eigenvalue weighted by molar-refractivity contribution is -0.167. The number of ether oxygens (including phenoxy) is 3. The first kappa shape index (κ1) is 56.9. The molecule has 0 saturated carbocycles. The minimum Gasteiger partial charge on any atom is -0.462 e. The van der Waals surface area contributed by atoms with Crippen molar-refractivity contribution in [3.63, 3.8) is 0 Å². The van der Waals surface area contributed by atoms with Crippen molar-refractivity contribution >= 4 is 17.9 Å². The van der Waals surface area contributed by atoms with Crippen LogP contribution in [0.2, 0.25) is 0 Å². The molecule has 0 aromatic rings. The van der Waals surface area contributed by atoms with Crippen LogP contribution in [0.25, 0.3) is 0 Å². The van der Waals surface area contributed by atoms with Gasteiger partial charge in [-0.05, 0) is 83.5 Å². The third kappa shape index (κ3) is 45.9. The molecule has 0 amide bonds. The fraction of sp³-hybridized carbons (Fsp3) is 0.722. The van der Waals surface area contributed by atoms with E-state index in [1.165, 1.54) is 109 Å². The molecule has 0 aromatic carbocycles. The van der Waals surface area contributed by atoms with Gasteiger partial charge in [0.15, 0.2) is 6.10 Å². The van der Waals surface area contributed by atoms with Gasteiger partial charge < -0.3 is 14.2 Å². The molecule has 0 radical (unpaired) electrons. The Kier molecular flexibility index (Phi) is 46.0. The van der Waals surface area contributed by atoms with Crippen LogP contribution in [0.4, 0.5) is 0 Å². The minimum absolute atomic E-state index is 0.0991. The number of allylic oxidation sites excluding steroid dienone is 12. The van der Waals surface area contributed by atoms with Crippen molar-refractivity contribution in [3.05, 3.63) is 72.9 Å². The molecule has 0 aliphatic heterocycles. The van der Waals surface area contributed by atoms with E-state index in [9.17, 15) is 14.4 Å². The summed E-state index contributed by atoms with van der Waals surface area (Å²) >= 11 is 0. The monoisotopic (exact) mass is 837 g/mol. The van der Waals surface area contributed by atoms with Gasteiger partial charge in [0.05, 0.1) is 0 Å². The Morgan fingerprint density at radius 2 is 0.667 bits per heavy atom. The van der Waals surface area contributed by atoms with Crippen molar-refractivity contribution < 1.29 is 28.6 Å². The van der Waals surface area contributed by atoms with E-state index in [1.54, 1.807) is 0 Å². The molecule has 6 nitrogen and oxygen atoms in total. The van der Waals surface area contributed by atoms with Gasteiger partial charge in [-0.15, -0.1) is 0 Å². The Labute approximate surface area is 370 Å². The largest absolute Gasteiger partial charge is 0.462 e. The maximum Gasteiger partial charge on any atom is 0.306 e. The molecule has 0 heterocycles. The molecule has 0 N–H and O–H groups in total. The Morgan fingerprint density at radius 3 is 1.08 bits per heavy atom. The van der Waals surface area contributed by atoms with Crippen LogP contribution < -0.4 is 0 Å². The van der Waals surface area contributed by atoms with E-state index in [2.05, 4.69) is 93.7 Å². The van der Waals surface area contributed by atoms with Gasteiger partial charge in [-0.3, -0.25) is 14.4 Å². The number of carbonyl (C=O) groups excluding carboxylic acids is 3. The fourth-order valence-electron chi connectivity index (χ4n) is 6.71. The summed E-state index contributed by atoms with van der Waals surface area (Å²) in [5, 5.41) is 0. The van der Waals surface area contributed by atoms with Crippen LogP contribution in [0.1, 0.15) is 233 Å². The molecule has 1 unspecified atom stereocenters. The summed E-state index contributed by atoms with van der Waals surface area (Å²) in [6, 6.07) is 0. The lowest BCUT2D eigenvalue weighted by Gasteiger charge is -2.18. The summed E-state index contributed by atoms with van der Waals surface area (Å²) in [6.07, 6.45) is 60.5. The zero-order valence-corrected chi connectivity index (χ0v) is 39.2. The molecule has 0 bridgehead atoms. The first-order chi connectivity index (χ1) is 29.5. The van der Waals surface area contributed by atoms with Crippen LogP contribution in [0.5, 0.6) is 0 Å². The van der Waals surface area contributed by atoms with Gasteiger partial charge in [0.2, 0.25) is 0 Å². The number of rotatable bonds is 44. The summed E-state index contributed by atoms with van der Waals surface area (Å²) in [5.41, 5.74) is 0. The summed E-state index contributed by atoms with van der Waals surface area (Å²) in [7, 11) is 0. The van der Waals surface area contributed by atoms with Crippen molar-refractivity contribution in [2.45, 2.75) is 239 Å². The van der Waals surface area contributed by atoms with Crippen LogP contribution in [0, 0.1) is 0 Å². The standard InChI is InChI=1S/C54H92O6/c1-4-7-10-13-16-18-20-22-24-26-28-29-31-33-35-38-41-44-47-53(56)59-50-51(49-58-52(55)46-43-40-37-15-12-9-6-3)60-54(57)48-45-42-39-36-34-32-30-27-25-23-21-19-17-14-11-8-5-2/h8,11,17,19,23-26,30,32,36,39,51H,4-7,9-10,12-16,18,20-22,27-29,31,33-35,37-38,40-50H2,1-3H3/b11-8-,19-17-,25-23-,26-24-,32-30-,39-36-. The SMILES string of the molecule is CC/C=C\C/C=C\C/C=C\C/C=C\C/C=C\CCCC(=O)OC(COC(=O)CCCCCCCCC)COC(=O)CCCCCCCCC/C=C\CCCCCCCCC. The molecule has 1 atom stereocenters. The van der Waals surface area contributed by atoms with Crippen LogP contribution in [-0.2, 0) is 28.6 Å². The molecule has 0 spiro atoms. The summed E-state index contributed by atoms with van der Waals surface area (Å²) in [6.45, 7) is 6.42. The molecule has 0 fully saturated rings. The average molecular weight is 837 g/mol. The van der Waals surface area contributed by atoms with Gasteiger partial charge in [-0.2, -0.15) is 0 Å². The highest BCUT2D eigenvalue weighted by molar-refractivity contribution is 5.71. The predicted octanol–water partition coefficient (Wildman–Crippen LogP) is 16.3. The average Bonchev–Trinajstić information content (AvgIpc) is 3.24. The first-order valence-electron chi connectivity index (χ1n) is 24.9. The molecule has 344 valence electrons. The highest BCUT2D eigenvalue weighted by atomic mass is 16.6. The fourth-order valence-corrected chi connectivity index (χ4v) is 6.71. The Hall–Kier alpha value is -3.15. The maximum atomic E-state index is 12.7. The maximum absolute atomic E-state index is 12.7. The first-order valence-corrected chi connectivity index (χ1v) is 24.9. The lowest BCUT2D eigenvalue weighted by atomic mass is 10.1. The molecule has 60 heavy (non-hydrogen) atoms. The molecule has 0 saturated heterocycles. The minimum atomic E-state index is -0.802. The Balaban J connectivity index is 4.36. The van der Waals surface area contributed by atoms with E-state index >= 15 is 0 Å². The normalized spacial score (nSPS) is 12.7. The number of hydrogen-bond donors (Lipinski definition) is 0. The van der Waals surface area contributed by atoms with Crippen LogP contribution in [0.15, 0.2) is 72.9 Å². The van der Waals surface area contributed by atoms with Crippen molar-refractivity contribution in [2.24, 2.45) is 0 Å². The van der Waals surface area contributed by atoms with Crippen molar-refractivity contribution in [1.29, 1.82) is 0 Å². The second kappa shape index (κ2) is 48.5. The van der Waals surface area contributed by atoms with Crippen molar-refractivity contribution in [2.75, 3.05) is 13.2 Å². The number of esters is 3. The Morgan fingerprint density at radius 1 is 0.350 bits per heavy atom. The quantitative estimate of drug-likeness (QED) is 0.0263. The molecular formula is C54H92O6. The van der Waals surface area contributed by atoms with E-state index in [0.717, 1.165) is 77.0 Å². The zero-order valence-electron chi connectivity index (χ0n) is 39.2. The third-order valence-corrected chi connectivity index (χ3v) is 10.4. The second-order valence-corrected chi connectivity index (χ2v) is 16.3. The smallest absolute Gasteiger partial charge is 0.306 e. The van der Waals surface area contributed by atoms with E-state index < -0.39 is 6.10 Å². The van der Waals surface area contributed by atoms with E-state index in [1.807, 2.05) is 0 Å². The zero-order chi connectivity index (χ0) is 43.7. The van der Waals surface area contributed by atoms with Crippen LogP contribution in [0.3, 0.4) is 0 Å². The van der Waals surface area contributed by atoms with E-state index in [4.69, 9.17) is 14.2 Å². The van der Waals surface area contributed by atoms with E-state index in [-0.39, 0.29) is 37.5 Å². The summed E-state index contributed by atoms with van der Waals surface area (Å²) < 4.78 is 16.7. The van der Waals surface area contributed by atoms with Gasteiger partial charge in [0.25, 0.3) is 0 Å². The van der Waals surface area contributed by atoms with Gasteiger partial charge >= 0.3 is 17.9 Å². The van der Waals surface area contributed by atoms with Crippen molar-refractivity contribution in [1.82, 2.24) is 0 Å². The highest BCUT2D eigenvalue weighted by Gasteiger charge is 2.19. The molecule has 0 rings (SSSR count). The van der Waals surface area contributed by atoms with Crippen LogP contribution in [-0.4, -0.2) is 37.2 Å². The van der Waals surface area contributed by atoms with Crippen LogP contribution >= 0.6 is 0 Å². The molecule has 6 heteroatoms. The molecule has 0 aliphatic rings. The molecule has 0 aliphatic carbocycles. The topological polar surface area (TPSA) is 78.9 Å². The number of carbonyl (C=O) groups is 3. The molecule has 0 aromatic heterocycles. The molecular weight excluding hydrogens is 745 g/mol. The third-order valence-electron chi connectivity index (χ3n) is 10.4. The summed E-state index contributed by atoms with van der Waals surface area (Å²) in [5.74, 6) is -0.970. The highest BCUT2D eigenvalue weighted by Crippen LogP contribution is 2.13. The Bertz CT molecular complexity index is 1140. The number of hydrogen-bond acceptors (Lipinski definition) is 6. The van der Waals surface area contributed by atoms with Gasteiger partial charge in [0.1, 0.15) is 13.2 Å². The van der Waals surface area contributed by atoms with Gasteiger partial charge in [0, 0.05) is 19.3 Å². The lowest BCUT2D eigenvalue weighted by Crippen LogP contribution is -2.30. The predicted molar refractivity (Wildman–Crippen MR) is 256 cm³/mol.